The molecule has 0 atom stereocenters. The first-order valence-corrected chi connectivity index (χ1v) is 21.2. The number of unbranched alkanes of at least 4 members (excludes halogenated alkanes) is 1. The van der Waals surface area contributed by atoms with Gasteiger partial charge in [0.1, 0.15) is 11.3 Å². The Bertz CT molecular complexity index is 2900. The standard InChI is InChI=1S/C57H49NO/c1-5-6-14-38(2)42-27-33-49-51-36-44(28-34-52(51)57(3,4)53(49)37-42)43-17-12-18-47(35-43)58(45-29-23-40(24-30-45)39-15-8-7-9-16-39)46-31-25-41(26-32-46)48-20-13-22-55-56(48)50-19-10-11-21-54(50)59-55/h7-12,14-21,23-37H,5-6,13,22H2,1-4H3/b38-14+. The molecule has 0 aliphatic heterocycles. The van der Waals surface area contributed by atoms with Gasteiger partial charge in [0.2, 0.25) is 0 Å². The van der Waals surface area contributed by atoms with Crippen LogP contribution in [0, 0.1) is 0 Å². The molecule has 1 heterocycles. The van der Waals surface area contributed by atoms with E-state index in [1.54, 1.807) is 0 Å². The lowest BCUT2D eigenvalue weighted by Crippen LogP contribution is -2.15. The topological polar surface area (TPSA) is 16.4 Å². The number of para-hydroxylation sites is 1. The molecule has 0 saturated carbocycles. The van der Waals surface area contributed by atoms with Gasteiger partial charge in [0.15, 0.2) is 0 Å². The SMILES string of the molecule is CCC/C=C(\C)c1ccc2c(c1)C(C)(C)c1ccc(-c3cccc(N(c4ccc(C5=CCCc6oc7ccccc7c65)cc4)c4ccc(-c5ccccc5)cc4)c3)cc1-2. The molecule has 0 amide bonds. The minimum atomic E-state index is -0.0685. The molecule has 10 rings (SSSR count). The van der Waals surface area contributed by atoms with E-state index in [1.807, 2.05) is 0 Å². The highest BCUT2D eigenvalue weighted by Crippen LogP contribution is 2.51. The summed E-state index contributed by atoms with van der Waals surface area (Å²) in [6.07, 6.45) is 8.93. The van der Waals surface area contributed by atoms with E-state index in [-0.39, 0.29) is 5.41 Å². The Hall–Kier alpha value is -6.64. The van der Waals surface area contributed by atoms with Crippen molar-refractivity contribution in [2.75, 3.05) is 4.90 Å². The Morgan fingerprint density at radius 1 is 0.610 bits per heavy atom. The van der Waals surface area contributed by atoms with Crippen LogP contribution in [0.15, 0.2) is 180 Å². The van der Waals surface area contributed by atoms with Gasteiger partial charge in [-0.15, -0.1) is 0 Å². The molecule has 7 aromatic carbocycles. The van der Waals surface area contributed by atoms with Gasteiger partial charge in [-0.1, -0.05) is 155 Å². The first-order valence-electron chi connectivity index (χ1n) is 21.2. The van der Waals surface area contributed by atoms with Crippen molar-refractivity contribution in [3.8, 4) is 33.4 Å². The Labute approximate surface area is 348 Å². The van der Waals surface area contributed by atoms with Crippen molar-refractivity contribution in [1.82, 2.24) is 0 Å². The number of nitrogens with zero attached hydrogens (tertiary/aromatic N) is 1. The van der Waals surface area contributed by atoms with Crippen molar-refractivity contribution >= 4 is 39.2 Å². The lowest BCUT2D eigenvalue weighted by atomic mass is 9.81. The molecule has 8 aromatic rings. The number of anilines is 3. The third-order valence-corrected chi connectivity index (χ3v) is 12.6. The zero-order chi connectivity index (χ0) is 40.1. The summed E-state index contributed by atoms with van der Waals surface area (Å²) >= 11 is 0. The fourth-order valence-corrected chi connectivity index (χ4v) is 9.43. The number of fused-ring (bicyclic) bond motifs is 6. The molecule has 0 spiro atoms. The first-order chi connectivity index (χ1) is 28.9. The Morgan fingerprint density at radius 2 is 1.29 bits per heavy atom. The van der Waals surface area contributed by atoms with Crippen LogP contribution in [0.4, 0.5) is 17.1 Å². The van der Waals surface area contributed by atoms with Crippen LogP contribution < -0.4 is 4.90 Å². The van der Waals surface area contributed by atoms with Crippen molar-refractivity contribution in [1.29, 1.82) is 0 Å². The molecular formula is C57H49NO. The van der Waals surface area contributed by atoms with Crippen molar-refractivity contribution in [2.24, 2.45) is 0 Å². The molecule has 288 valence electrons. The van der Waals surface area contributed by atoms with Gasteiger partial charge in [0, 0.05) is 39.8 Å². The van der Waals surface area contributed by atoms with Gasteiger partial charge >= 0.3 is 0 Å². The summed E-state index contributed by atoms with van der Waals surface area (Å²) in [6, 6.07) is 60.3. The zero-order valence-corrected chi connectivity index (χ0v) is 34.4. The smallest absolute Gasteiger partial charge is 0.134 e. The Balaban J connectivity index is 1.03. The summed E-state index contributed by atoms with van der Waals surface area (Å²) in [5, 5.41) is 1.19. The molecule has 0 bridgehead atoms. The van der Waals surface area contributed by atoms with Crippen molar-refractivity contribution in [2.45, 2.75) is 58.8 Å². The van der Waals surface area contributed by atoms with E-state index in [0.29, 0.717) is 0 Å². The number of aryl methyl sites for hydroxylation is 1. The molecule has 59 heavy (non-hydrogen) atoms. The second kappa shape index (κ2) is 14.9. The summed E-state index contributed by atoms with van der Waals surface area (Å²) in [4.78, 5) is 2.39. The second-order valence-corrected chi connectivity index (χ2v) is 16.7. The van der Waals surface area contributed by atoms with Crippen LogP contribution in [0.1, 0.15) is 80.5 Å². The van der Waals surface area contributed by atoms with Crippen LogP contribution in [-0.2, 0) is 11.8 Å². The maximum atomic E-state index is 6.33. The number of hydrogen-bond donors (Lipinski definition) is 0. The van der Waals surface area contributed by atoms with Crippen LogP contribution in [0.25, 0.3) is 55.5 Å². The monoisotopic (exact) mass is 763 g/mol. The summed E-state index contributed by atoms with van der Waals surface area (Å²) in [7, 11) is 0. The molecule has 0 N–H and O–H groups in total. The highest BCUT2D eigenvalue weighted by Gasteiger charge is 2.36. The molecule has 0 radical (unpaired) electrons. The van der Waals surface area contributed by atoms with Gasteiger partial charge in [0.25, 0.3) is 0 Å². The first kappa shape index (κ1) is 36.7. The van der Waals surface area contributed by atoms with E-state index in [2.05, 4.69) is 209 Å². The normalized spacial score (nSPS) is 14.1. The average Bonchev–Trinajstić information content (AvgIpc) is 3.78. The van der Waals surface area contributed by atoms with Gasteiger partial charge in [-0.05, 0) is 135 Å². The van der Waals surface area contributed by atoms with E-state index in [0.717, 1.165) is 54.1 Å². The molecule has 2 heteroatoms. The number of furan rings is 1. The molecule has 0 unspecified atom stereocenters. The van der Waals surface area contributed by atoms with Crippen LogP contribution in [-0.4, -0.2) is 0 Å². The predicted molar refractivity (Wildman–Crippen MR) is 250 cm³/mol. The number of allylic oxidation sites excluding steroid dienone is 3. The lowest BCUT2D eigenvalue weighted by molar-refractivity contribution is 0.545. The molecular weight excluding hydrogens is 715 g/mol. The maximum absolute atomic E-state index is 6.33. The molecule has 0 fully saturated rings. The molecule has 2 nitrogen and oxygen atoms in total. The minimum Gasteiger partial charge on any atom is -0.460 e. The van der Waals surface area contributed by atoms with Crippen molar-refractivity contribution in [3.05, 3.63) is 210 Å². The number of rotatable bonds is 9. The number of benzene rings is 7. The van der Waals surface area contributed by atoms with E-state index in [4.69, 9.17) is 4.42 Å². The summed E-state index contributed by atoms with van der Waals surface area (Å²) < 4.78 is 6.33. The van der Waals surface area contributed by atoms with Gasteiger partial charge < -0.3 is 9.32 Å². The molecule has 1 aromatic heterocycles. The average molecular weight is 764 g/mol. The summed E-state index contributed by atoms with van der Waals surface area (Å²) in [5.41, 5.74) is 20.9. The van der Waals surface area contributed by atoms with Gasteiger partial charge in [-0.25, -0.2) is 0 Å². The summed E-state index contributed by atoms with van der Waals surface area (Å²) in [5.74, 6) is 1.09. The highest BCUT2D eigenvalue weighted by atomic mass is 16.3. The molecule has 2 aliphatic rings. The van der Waals surface area contributed by atoms with Crippen molar-refractivity contribution in [3.63, 3.8) is 0 Å². The van der Waals surface area contributed by atoms with Crippen LogP contribution in [0.3, 0.4) is 0 Å². The Morgan fingerprint density at radius 3 is 2.07 bits per heavy atom. The molecule has 2 aliphatic carbocycles. The Kier molecular flexibility index (Phi) is 9.29. The minimum absolute atomic E-state index is 0.0685. The van der Waals surface area contributed by atoms with Crippen molar-refractivity contribution < 1.29 is 4.42 Å². The third-order valence-electron chi connectivity index (χ3n) is 12.6. The maximum Gasteiger partial charge on any atom is 0.134 e. The number of hydrogen-bond acceptors (Lipinski definition) is 2. The van der Waals surface area contributed by atoms with Crippen LogP contribution in [0.2, 0.25) is 0 Å². The largest absolute Gasteiger partial charge is 0.460 e. The van der Waals surface area contributed by atoms with Gasteiger partial charge in [-0.3, -0.25) is 0 Å². The summed E-state index contributed by atoms with van der Waals surface area (Å²) in [6.45, 7) is 9.24. The predicted octanol–water partition coefficient (Wildman–Crippen LogP) is 16.1. The van der Waals surface area contributed by atoms with Crippen LogP contribution >= 0.6 is 0 Å². The van der Waals surface area contributed by atoms with Gasteiger partial charge in [0.05, 0.1) is 0 Å². The fraction of sp³-hybridized carbons (Fsp3) is 0.158. The lowest BCUT2D eigenvalue weighted by Gasteiger charge is -2.27. The van der Waals surface area contributed by atoms with E-state index >= 15 is 0 Å². The highest BCUT2D eigenvalue weighted by molar-refractivity contribution is 5.98. The zero-order valence-electron chi connectivity index (χ0n) is 34.4. The molecule has 0 saturated heterocycles. The van der Waals surface area contributed by atoms with E-state index in [1.165, 1.54) is 77.7 Å². The second-order valence-electron chi connectivity index (χ2n) is 16.7. The quantitative estimate of drug-likeness (QED) is 0.146. The third kappa shape index (κ3) is 6.54. The van der Waals surface area contributed by atoms with E-state index < -0.39 is 0 Å². The fourth-order valence-electron chi connectivity index (χ4n) is 9.43. The van der Waals surface area contributed by atoms with Crippen LogP contribution in [0.5, 0.6) is 0 Å². The van der Waals surface area contributed by atoms with Gasteiger partial charge in [-0.2, -0.15) is 0 Å². The van der Waals surface area contributed by atoms with E-state index in [9.17, 15) is 0 Å².